The molecule has 1 amide bonds. The molecule has 1 aliphatic heterocycles. The van der Waals surface area contributed by atoms with Crippen LogP contribution in [0, 0.1) is 6.92 Å². The first kappa shape index (κ1) is 16.7. The number of ether oxygens (including phenoxy) is 1. The zero-order valence-electron chi connectivity index (χ0n) is 14.7. The predicted octanol–water partition coefficient (Wildman–Crippen LogP) is 2.37. The summed E-state index contributed by atoms with van der Waals surface area (Å²) in [6, 6.07) is 9.66. The van der Waals surface area contributed by atoms with Crippen molar-refractivity contribution in [3.05, 3.63) is 41.2 Å². The van der Waals surface area contributed by atoms with Crippen molar-refractivity contribution in [2.45, 2.75) is 6.92 Å². The number of carbonyl (C=O) groups is 1. The Kier molecular flexibility index (Phi) is 4.42. The van der Waals surface area contributed by atoms with Gasteiger partial charge < -0.3 is 14.5 Å². The Balaban J connectivity index is 1.46. The molecule has 8 heteroatoms. The summed E-state index contributed by atoms with van der Waals surface area (Å²) in [4.78, 5) is 30.0. The van der Waals surface area contributed by atoms with Gasteiger partial charge in [0.15, 0.2) is 5.01 Å². The van der Waals surface area contributed by atoms with Crippen LogP contribution in [0.4, 0.5) is 5.82 Å². The van der Waals surface area contributed by atoms with Crippen LogP contribution in [0.3, 0.4) is 0 Å². The van der Waals surface area contributed by atoms with Crippen molar-refractivity contribution in [3.8, 4) is 5.88 Å². The largest absolute Gasteiger partial charge is 0.481 e. The van der Waals surface area contributed by atoms with Crippen molar-refractivity contribution in [3.63, 3.8) is 0 Å². The van der Waals surface area contributed by atoms with Crippen LogP contribution < -0.4 is 9.64 Å². The second-order valence-electron chi connectivity index (χ2n) is 6.08. The summed E-state index contributed by atoms with van der Waals surface area (Å²) in [5, 5.41) is 0.555. The van der Waals surface area contributed by atoms with E-state index in [1.807, 2.05) is 42.2 Å². The van der Waals surface area contributed by atoms with E-state index in [9.17, 15) is 4.79 Å². The van der Waals surface area contributed by atoms with Gasteiger partial charge in [0, 0.05) is 32.2 Å². The van der Waals surface area contributed by atoms with E-state index < -0.39 is 0 Å². The van der Waals surface area contributed by atoms with Crippen LogP contribution in [0.2, 0.25) is 0 Å². The number of hydrogen-bond donors (Lipinski definition) is 0. The van der Waals surface area contributed by atoms with Crippen molar-refractivity contribution in [2.24, 2.45) is 0 Å². The zero-order chi connectivity index (χ0) is 18.1. The number of aryl methyl sites for hydroxylation is 1. The van der Waals surface area contributed by atoms with Crippen molar-refractivity contribution < 1.29 is 9.53 Å². The fraction of sp³-hybridized carbons (Fsp3) is 0.333. The monoisotopic (exact) mass is 369 g/mol. The molecule has 1 aliphatic rings. The summed E-state index contributed by atoms with van der Waals surface area (Å²) >= 11 is 1.45. The van der Waals surface area contributed by atoms with Crippen molar-refractivity contribution in [2.75, 3.05) is 38.2 Å². The number of rotatable bonds is 3. The van der Waals surface area contributed by atoms with E-state index in [0.29, 0.717) is 29.8 Å². The minimum absolute atomic E-state index is 0.00213. The number of para-hydroxylation sites is 1. The number of methoxy groups -OCH3 is 1. The number of benzene rings is 1. The van der Waals surface area contributed by atoms with Crippen molar-refractivity contribution >= 4 is 33.3 Å². The molecule has 3 aromatic rings. The molecule has 134 valence electrons. The molecule has 0 bridgehead atoms. The van der Waals surface area contributed by atoms with Gasteiger partial charge in [0.1, 0.15) is 11.6 Å². The van der Waals surface area contributed by atoms with Gasteiger partial charge in [-0.3, -0.25) is 4.79 Å². The third-order valence-corrected chi connectivity index (χ3v) is 5.40. The maximum Gasteiger partial charge on any atom is 0.282 e. The second kappa shape index (κ2) is 6.87. The highest BCUT2D eigenvalue weighted by Gasteiger charge is 2.25. The normalized spacial score (nSPS) is 14.7. The molecule has 0 unspecified atom stereocenters. The second-order valence-corrected chi connectivity index (χ2v) is 7.11. The lowest BCUT2D eigenvalue weighted by Crippen LogP contribution is -2.49. The van der Waals surface area contributed by atoms with Gasteiger partial charge >= 0.3 is 0 Å². The Morgan fingerprint density at radius 2 is 1.88 bits per heavy atom. The molecule has 1 saturated heterocycles. The molecule has 0 saturated carbocycles. The molecule has 26 heavy (non-hydrogen) atoms. The molecule has 1 aromatic carbocycles. The van der Waals surface area contributed by atoms with Gasteiger partial charge in [-0.05, 0) is 19.1 Å². The summed E-state index contributed by atoms with van der Waals surface area (Å²) in [6.45, 7) is 4.56. The SMILES string of the molecule is COc1cc(N2CCN(C(=O)c3nc4ccccc4s3)CC2)nc(C)n1. The van der Waals surface area contributed by atoms with E-state index in [0.717, 1.165) is 29.1 Å². The molecule has 0 aliphatic carbocycles. The smallest absolute Gasteiger partial charge is 0.282 e. The Morgan fingerprint density at radius 1 is 1.12 bits per heavy atom. The Hall–Kier alpha value is -2.74. The van der Waals surface area contributed by atoms with E-state index in [1.54, 1.807) is 7.11 Å². The molecule has 0 spiro atoms. The van der Waals surface area contributed by atoms with Crippen LogP contribution in [-0.4, -0.2) is 59.0 Å². The van der Waals surface area contributed by atoms with Crippen LogP contribution in [0.5, 0.6) is 5.88 Å². The van der Waals surface area contributed by atoms with Gasteiger partial charge in [-0.2, -0.15) is 4.98 Å². The number of aromatic nitrogens is 3. The number of carbonyl (C=O) groups excluding carboxylic acids is 1. The van der Waals surface area contributed by atoms with Crippen LogP contribution in [0.25, 0.3) is 10.2 Å². The standard InChI is InChI=1S/C18H19N5O2S/c1-12-19-15(11-16(20-12)25-2)22-7-9-23(10-8-22)18(24)17-21-13-5-3-4-6-14(13)26-17/h3-6,11H,7-10H2,1-2H3. The quantitative estimate of drug-likeness (QED) is 0.706. The van der Waals surface area contributed by atoms with E-state index in [2.05, 4.69) is 19.9 Å². The molecule has 0 atom stereocenters. The van der Waals surface area contributed by atoms with Crippen LogP contribution in [0.15, 0.2) is 30.3 Å². The van der Waals surface area contributed by atoms with Crippen LogP contribution in [-0.2, 0) is 0 Å². The van der Waals surface area contributed by atoms with E-state index in [4.69, 9.17) is 4.74 Å². The number of hydrogen-bond acceptors (Lipinski definition) is 7. The Labute approximate surface area is 155 Å². The summed E-state index contributed by atoms with van der Waals surface area (Å²) in [6.07, 6.45) is 0. The fourth-order valence-electron chi connectivity index (χ4n) is 3.03. The molecule has 0 N–H and O–H groups in total. The van der Waals surface area contributed by atoms with Gasteiger partial charge in [-0.15, -0.1) is 11.3 Å². The minimum Gasteiger partial charge on any atom is -0.481 e. The first-order valence-corrected chi connectivity index (χ1v) is 9.25. The highest BCUT2D eigenvalue weighted by molar-refractivity contribution is 7.20. The maximum atomic E-state index is 12.8. The summed E-state index contributed by atoms with van der Waals surface area (Å²) in [5.74, 6) is 2.07. The summed E-state index contributed by atoms with van der Waals surface area (Å²) in [7, 11) is 1.60. The highest BCUT2D eigenvalue weighted by Crippen LogP contribution is 2.24. The van der Waals surface area contributed by atoms with E-state index in [1.165, 1.54) is 11.3 Å². The summed E-state index contributed by atoms with van der Waals surface area (Å²) in [5.41, 5.74) is 0.878. The maximum absolute atomic E-state index is 12.8. The van der Waals surface area contributed by atoms with Crippen molar-refractivity contribution in [1.29, 1.82) is 0 Å². The molecule has 3 heterocycles. The summed E-state index contributed by atoms with van der Waals surface area (Å²) < 4.78 is 6.26. The van der Waals surface area contributed by atoms with E-state index >= 15 is 0 Å². The lowest BCUT2D eigenvalue weighted by Gasteiger charge is -2.35. The topological polar surface area (TPSA) is 71.5 Å². The van der Waals surface area contributed by atoms with Gasteiger partial charge in [0.05, 0.1) is 17.3 Å². The number of anilines is 1. The number of piperazine rings is 1. The van der Waals surface area contributed by atoms with E-state index in [-0.39, 0.29) is 5.91 Å². The predicted molar refractivity (Wildman–Crippen MR) is 101 cm³/mol. The molecular formula is C18H19N5O2S. The molecular weight excluding hydrogens is 350 g/mol. The number of fused-ring (bicyclic) bond motifs is 1. The molecule has 4 rings (SSSR count). The lowest BCUT2D eigenvalue weighted by atomic mass is 10.3. The third-order valence-electron chi connectivity index (χ3n) is 4.38. The van der Waals surface area contributed by atoms with Crippen LogP contribution in [0.1, 0.15) is 15.6 Å². The lowest BCUT2D eigenvalue weighted by molar-refractivity contribution is 0.0746. The first-order valence-electron chi connectivity index (χ1n) is 8.43. The van der Waals surface area contributed by atoms with Gasteiger partial charge in [0.2, 0.25) is 5.88 Å². The molecule has 7 nitrogen and oxygen atoms in total. The highest BCUT2D eigenvalue weighted by atomic mass is 32.1. The Bertz CT molecular complexity index is 917. The zero-order valence-corrected chi connectivity index (χ0v) is 15.5. The van der Waals surface area contributed by atoms with Crippen molar-refractivity contribution in [1.82, 2.24) is 19.9 Å². The third kappa shape index (κ3) is 3.20. The number of amides is 1. The van der Waals surface area contributed by atoms with Gasteiger partial charge in [-0.25, -0.2) is 9.97 Å². The molecule has 2 aromatic heterocycles. The number of nitrogens with zero attached hydrogens (tertiary/aromatic N) is 5. The van der Waals surface area contributed by atoms with Crippen LogP contribution >= 0.6 is 11.3 Å². The molecule has 1 fully saturated rings. The fourth-order valence-corrected chi connectivity index (χ4v) is 3.96. The van der Waals surface area contributed by atoms with Gasteiger partial charge in [0.25, 0.3) is 5.91 Å². The average Bonchev–Trinajstić information content (AvgIpc) is 3.11. The minimum atomic E-state index is 0.00213. The molecule has 0 radical (unpaired) electrons. The number of thiazole rings is 1. The van der Waals surface area contributed by atoms with Gasteiger partial charge in [-0.1, -0.05) is 12.1 Å². The Morgan fingerprint density at radius 3 is 2.62 bits per heavy atom. The average molecular weight is 369 g/mol. The first-order chi connectivity index (χ1) is 12.6.